The van der Waals surface area contributed by atoms with Gasteiger partial charge in [-0.25, -0.2) is 0 Å². The van der Waals surface area contributed by atoms with Crippen molar-refractivity contribution in [2.75, 3.05) is 11.5 Å². The zero-order valence-electron chi connectivity index (χ0n) is 13.8. The lowest BCUT2D eigenvalue weighted by Crippen LogP contribution is -2.45. The summed E-state index contributed by atoms with van der Waals surface area (Å²) >= 11 is 19.4. The number of hydrogen-bond acceptors (Lipinski definition) is 2. The van der Waals surface area contributed by atoms with Crippen molar-refractivity contribution in [2.45, 2.75) is 6.04 Å². The molecular weight excluding hydrogens is 403 g/mol. The summed E-state index contributed by atoms with van der Waals surface area (Å²) in [5.41, 5.74) is 6.01. The van der Waals surface area contributed by atoms with Crippen LogP contribution in [-0.2, 0) is 0 Å². The Morgan fingerprint density at radius 2 is 1.62 bits per heavy atom. The number of rotatable bonds is 2. The molecule has 2 aromatic carbocycles. The van der Waals surface area contributed by atoms with Crippen LogP contribution in [0.25, 0.3) is 6.08 Å². The molecule has 4 rings (SSSR count). The van der Waals surface area contributed by atoms with Crippen molar-refractivity contribution < 1.29 is 0 Å². The van der Waals surface area contributed by atoms with Crippen molar-refractivity contribution in [2.24, 2.45) is 0 Å². The summed E-state index contributed by atoms with van der Waals surface area (Å²) in [6.07, 6.45) is 2.21. The van der Waals surface area contributed by atoms with E-state index in [4.69, 9.17) is 35.4 Å². The molecule has 2 aliphatic heterocycles. The first-order valence-electron chi connectivity index (χ1n) is 8.20. The second-order valence-electron chi connectivity index (χ2n) is 6.20. The van der Waals surface area contributed by atoms with Crippen LogP contribution in [-0.4, -0.2) is 16.6 Å². The first-order chi connectivity index (χ1) is 12.6. The van der Waals surface area contributed by atoms with E-state index in [1.807, 2.05) is 48.2 Å². The molecule has 0 aliphatic carbocycles. The van der Waals surface area contributed by atoms with E-state index in [1.165, 1.54) is 16.7 Å². The predicted octanol–water partition coefficient (Wildman–Crippen LogP) is 5.60. The number of thiocarbonyl (C=S) groups is 1. The average Bonchev–Trinajstić information content (AvgIpc) is 2.64. The monoisotopic (exact) mass is 418 g/mol. The maximum absolute atomic E-state index is 6.05. The highest BCUT2D eigenvalue weighted by Gasteiger charge is 2.30. The molecule has 0 amide bonds. The van der Waals surface area contributed by atoms with Gasteiger partial charge in [-0.2, -0.15) is 11.8 Å². The van der Waals surface area contributed by atoms with Gasteiger partial charge in [0.05, 0.1) is 6.04 Å². The summed E-state index contributed by atoms with van der Waals surface area (Å²) < 4.78 is 0. The van der Waals surface area contributed by atoms with Crippen LogP contribution in [0.15, 0.2) is 65.4 Å². The molecular formula is C20H16Cl2N2S2. The van der Waals surface area contributed by atoms with Gasteiger partial charge in [-0.3, -0.25) is 0 Å². The van der Waals surface area contributed by atoms with E-state index in [-0.39, 0.29) is 6.04 Å². The number of nitrogens with one attached hydrogen (secondary N) is 2. The second kappa shape index (κ2) is 7.65. The first kappa shape index (κ1) is 17.9. The minimum atomic E-state index is 0.0671. The molecule has 0 spiro atoms. The van der Waals surface area contributed by atoms with Crippen molar-refractivity contribution in [1.82, 2.24) is 10.6 Å². The Balaban J connectivity index is 1.75. The molecule has 0 radical (unpaired) electrons. The molecule has 2 heterocycles. The molecule has 0 saturated heterocycles. The normalized spacial score (nSPS) is 21.2. The molecule has 2 aromatic rings. The molecule has 0 bridgehead atoms. The van der Waals surface area contributed by atoms with Gasteiger partial charge in [-0.1, -0.05) is 47.5 Å². The third-order valence-electron chi connectivity index (χ3n) is 4.43. The largest absolute Gasteiger partial charge is 0.352 e. The Bertz CT molecular complexity index is 902. The molecule has 132 valence electrons. The maximum atomic E-state index is 6.05. The van der Waals surface area contributed by atoms with Crippen LogP contribution < -0.4 is 10.6 Å². The van der Waals surface area contributed by atoms with Crippen LogP contribution in [0.4, 0.5) is 0 Å². The van der Waals surface area contributed by atoms with Gasteiger partial charge in [0.2, 0.25) is 0 Å². The van der Waals surface area contributed by atoms with Crippen molar-refractivity contribution in [3.63, 3.8) is 0 Å². The van der Waals surface area contributed by atoms with Crippen LogP contribution in [0.5, 0.6) is 0 Å². The van der Waals surface area contributed by atoms with Crippen LogP contribution >= 0.6 is 47.2 Å². The van der Waals surface area contributed by atoms with E-state index >= 15 is 0 Å². The predicted molar refractivity (Wildman–Crippen MR) is 117 cm³/mol. The molecule has 1 unspecified atom stereocenters. The van der Waals surface area contributed by atoms with Crippen molar-refractivity contribution in [3.8, 4) is 0 Å². The van der Waals surface area contributed by atoms with Gasteiger partial charge in [0, 0.05) is 27.2 Å². The highest BCUT2D eigenvalue weighted by Crippen LogP contribution is 2.37. The smallest absolute Gasteiger partial charge is 0.171 e. The van der Waals surface area contributed by atoms with Gasteiger partial charge in [0.1, 0.15) is 0 Å². The van der Waals surface area contributed by atoms with E-state index in [1.54, 1.807) is 0 Å². The lowest BCUT2D eigenvalue weighted by atomic mass is 9.93. The molecule has 2 nitrogen and oxygen atoms in total. The maximum Gasteiger partial charge on any atom is 0.171 e. The Hall–Kier alpha value is -1.46. The Morgan fingerprint density at radius 3 is 2.31 bits per heavy atom. The van der Waals surface area contributed by atoms with E-state index in [0.29, 0.717) is 5.11 Å². The third kappa shape index (κ3) is 3.79. The number of allylic oxidation sites excluding steroid dienone is 1. The van der Waals surface area contributed by atoms with Crippen LogP contribution in [0.1, 0.15) is 17.2 Å². The lowest BCUT2D eigenvalue weighted by molar-refractivity contribution is 0.694. The minimum Gasteiger partial charge on any atom is -0.352 e. The first-order valence-corrected chi connectivity index (χ1v) is 10.5. The molecule has 6 heteroatoms. The number of halogens is 2. The van der Waals surface area contributed by atoms with Crippen LogP contribution in [0.3, 0.4) is 0 Å². The van der Waals surface area contributed by atoms with Gasteiger partial charge in [-0.05, 0) is 64.8 Å². The Kier molecular flexibility index (Phi) is 5.28. The highest BCUT2D eigenvalue weighted by atomic mass is 35.5. The van der Waals surface area contributed by atoms with Crippen molar-refractivity contribution in [1.29, 1.82) is 0 Å². The molecule has 0 saturated carbocycles. The zero-order valence-corrected chi connectivity index (χ0v) is 16.9. The SMILES string of the molecule is S=C1NC2=C(CSC/C2=C\c2ccc(Cl)cc2)C(c2ccc(Cl)cc2)N1. The minimum absolute atomic E-state index is 0.0671. The standard InChI is InChI=1S/C20H16Cl2N2S2/c21-15-5-1-12(2-6-15)9-14-10-26-11-17-18(23-20(25)24-19(14)17)13-3-7-16(22)8-4-13/h1-9,18H,10-11H2,(H2,23,24,25)/b14-9+. The number of thioether (sulfide) groups is 1. The average molecular weight is 419 g/mol. The van der Waals surface area contributed by atoms with Crippen LogP contribution in [0, 0.1) is 0 Å². The quantitative estimate of drug-likeness (QED) is 0.619. The van der Waals surface area contributed by atoms with Gasteiger partial charge in [0.15, 0.2) is 5.11 Å². The lowest BCUT2D eigenvalue weighted by Gasteiger charge is -2.35. The summed E-state index contributed by atoms with van der Waals surface area (Å²) in [5, 5.41) is 8.91. The summed E-state index contributed by atoms with van der Waals surface area (Å²) in [5.74, 6) is 1.91. The molecule has 0 aromatic heterocycles. The number of benzene rings is 2. The van der Waals surface area contributed by atoms with Crippen molar-refractivity contribution >= 4 is 58.4 Å². The van der Waals surface area contributed by atoms with E-state index in [9.17, 15) is 0 Å². The van der Waals surface area contributed by atoms with Gasteiger partial charge < -0.3 is 10.6 Å². The van der Waals surface area contributed by atoms with E-state index < -0.39 is 0 Å². The fourth-order valence-corrected chi connectivity index (χ4v) is 4.74. The molecule has 2 N–H and O–H groups in total. The molecule has 26 heavy (non-hydrogen) atoms. The Morgan fingerprint density at radius 1 is 0.962 bits per heavy atom. The van der Waals surface area contributed by atoms with Gasteiger partial charge in [-0.15, -0.1) is 0 Å². The highest BCUT2D eigenvalue weighted by molar-refractivity contribution is 7.99. The van der Waals surface area contributed by atoms with E-state index in [2.05, 4.69) is 28.8 Å². The van der Waals surface area contributed by atoms with Gasteiger partial charge in [0.25, 0.3) is 0 Å². The molecule has 1 atom stereocenters. The van der Waals surface area contributed by atoms with Gasteiger partial charge >= 0.3 is 0 Å². The summed E-state index contributed by atoms with van der Waals surface area (Å²) in [6, 6.07) is 15.9. The fraction of sp³-hybridized carbons (Fsp3) is 0.150. The summed E-state index contributed by atoms with van der Waals surface area (Å²) in [6.45, 7) is 0. The zero-order chi connectivity index (χ0) is 18.1. The molecule has 0 fully saturated rings. The molecule has 2 aliphatic rings. The summed E-state index contributed by atoms with van der Waals surface area (Å²) in [7, 11) is 0. The van der Waals surface area contributed by atoms with Crippen molar-refractivity contribution in [3.05, 3.63) is 86.5 Å². The number of hydrogen-bond donors (Lipinski definition) is 2. The second-order valence-corrected chi connectivity index (χ2v) is 8.46. The summed E-state index contributed by atoms with van der Waals surface area (Å²) in [4.78, 5) is 0. The Labute approximate surface area is 172 Å². The topological polar surface area (TPSA) is 24.1 Å². The van der Waals surface area contributed by atoms with E-state index in [0.717, 1.165) is 32.8 Å². The van der Waals surface area contributed by atoms with Crippen LogP contribution in [0.2, 0.25) is 10.0 Å². The third-order valence-corrected chi connectivity index (χ3v) is 6.19. The fourth-order valence-electron chi connectivity index (χ4n) is 3.19.